The molecule has 2 fully saturated rings. The van der Waals surface area contributed by atoms with Crippen LogP contribution in [-0.4, -0.2) is 31.4 Å². The van der Waals surface area contributed by atoms with Crippen molar-refractivity contribution in [2.24, 2.45) is 0 Å². The molecular weight excluding hydrogens is 264 g/mol. The summed E-state index contributed by atoms with van der Waals surface area (Å²) in [4.78, 5) is 0. The highest BCUT2D eigenvalue weighted by molar-refractivity contribution is 5.25. The van der Waals surface area contributed by atoms with Gasteiger partial charge in [-0.2, -0.15) is 4.39 Å². The number of ether oxygens (including phenoxy) is 2. The maximum Gasteiger partial charge on any atom is 0.200 e. The highest BCUT2D eigenvalue weighted by atomic mass is 19.2. The van der Waals surface area contributed by atoms with Gasteiger partial charge >= 0.3 is 0 Å². The lowest BCUT2D eigenvalue weighted by Gasteiger charge is -2.15. The largest absolute Gasteiger partial charge is 0.488 e. The topological polar surface area (TPSA) is 30.5 Å². The summed E-state index contributed by atoms with van der Waals surface area (Å²) in [6, 6.07) is 4.62. The van der Waals surface area contributed by atoms with Crippen molar-refractivity contribution < 1.29 is 18.3 Å². The first-order valence-electron chi connectivity index (χ1n) is 7.18. The number of hydrogen-bond donors (Lipinski definition) is 1. The van der Waals surface area contributed by atoms with E-state index in [0.29, 0.717) is 6.04 Å². The fourth-order valence-electron chi connectivity index (χ4n) is 2.42. The van der Waals surface area contributed by atoms with Crippen molar-refractivity contribution >= 4 is 0 Å². The lowest BCUT2D eigenvalue weighted by atomic mass is 10.2. The molecule has 2 unspecified atom stereocenters. The zero-order valence-corrected chi connectivity index (χ0v) is 11.3. The third kappa shape index (κ3) is 3.46. The molecule has 2 atom stereocenters. The van der Waals surface area contributed by atoms with E-state index in [4.69, 9.17) is 9.47 Å². The van der Waals surface area contributed by atoms with E-state index in [-0.39, 0.29) is 24.6 Å². The Morgan fingerprint density at radius 2 is 1.95 bits per heavy atom. The predicted octanol–water partition coefficient (Wildman–Crippen LogP) is 2.64. The Balaban J connectivity index is 1.43. The summed E-state index contributed by atoms with van der Waals surface area (Å²) >= 11 is 0. The van der Waals surface area contributed by atoms with Gasteiger partial charge in [-0.15, -0.1) is 0 Å². The molecule has 1 aliphatic carbocycles. The molecule has 0 amide bonds. The second-order valence-electron chi connectivity index (χ2n) is 5.50. The van der Waals surface area contributed by atoms with Crippen LogP contribution in [0.5, 0.6) is 5.75 Å². The van der Waals surface area contributed by atoms with Crippen LogP contribution in [0.3, 0.4) is 0 Å². The zero-order valence-electron chi connectivity index (χ0n) is 11.3. The van der Waals surface area contributed by atoms with Crippen LogP contribution in [0.1, 0.15) is 25.7 Å². The molecule has 0 spiro atoms. The molecule has 110 valence electrons. The molecule has 3 nitrogen and oxygen atoms in total. The van der Waals surface area contributed by atoms with Crippen LogP contribution in [-0.2, 0) is 4.74 Å². The van der Waals surface area contributed by atoms with Crippen molar-refractivity contribution in [2.45, 2.75) is 43.9 Å². The summed E-state index contributed by atoms with van der Waals surface area (Å²) < 4.78 is 37.6. The summed E-state index contributed by atoms with van der Waals surface area (Å²) in [6.07, 6.45) is 4.58. The molecule has 1 aliphatic heterocycles. The maximum absolute atomic E-state index is 13.4. The van der Waals surface area contributed by atoms with Gasteiger partial charge in [0.15, 0.2) is 11.6 Å². The number of benzene rings is 1. The van der Waals surface area contributed by atoms with Crippen LogP contribution in [0.2, 0.25) is 0 Å². The lowest BCUT2D eigenvalue weighted by Crippen LogP contribution is -2.29. The standard InChI is InChI=1S/C15H19F2NO2/c16-13-2-1-3-14(15(13)17)19-9-12-7-6-11(20-12)8-18-10-4-5-10/h1-3,10-12,18H,4-9H2. The molecule has 1 aromatic carbocycles. The van der Waals surface area contributed by atoms with Crippen molar-refractivity contribution in [3.63, 3.8) is 0 Å². The molecule has 5 heteroatoms. The average molecular weight is 283 g/mol. The molecule has 0 radical (unpaired) electrons. The van der Waals surface area contributed by atoms with Gasteiger partial charge in [0, 0.05) is 12.6 Å². The molecule has 2 aliphatic rings. The van der Waals surface area contributed by atoms with Crippen molar-refractivity contribution in [1.82, 2.24) is 5.32 Å². The second kappa shape index (κ2) is 6.06. The van der Waals surface area contributed by atoms with Crippen LogP contribution in [0.15, 0.2) is 18.2 Å². The van der Waals surface area contributed by atoms with Gasteiger partial charge in [-0.05, 0) is 37.8 Å². The van der Waals surface area contributed by atoms with E-state index in [9.17, 15) is 8.78 Å². The first-order chi connectivity index (χ1) is 9.72. The maximum atomic E-state index is 13.4. The van der Waals surface area contributed by atoms with Crippen LogP contribution in [0.4, 0.5) is 8.78 Å². The molecule has 0 bridgehead atoms. The van der Waals surface area contributed by atoms with Crippen LogP contribution in [0, 0.1) is 11.6 Å². The minimum absolute atomic E-state index is 0.0383. The molecular formula is C15H19F2NO2. The van der Waals surface area contributed by atoms with Crippen molar-refractivity contribution in [2.75, 3.05) is 13.2 Å². The minimum atomic E-state index is -0.933. The first kappa shape index (κ1) is 13.8. The van der Waals surface area contributed by atoms with E-state index in [1.54, 1.807) is 0 Å². The Morgan fingerprint density at radius 3 is 2.75 bits per heavy atom. The van der Waals surface area contributed by atoms with Gasteiger partial charge in [-0.3, -0.25) is 0 Å². The van der Waals surface area contributed by atoms with Gasteiger partial charge in [-0.25, -0.2) is 4.39 Å². The van der Waals surface area contributed by atoms with E-state index in [2.05, 4.69) is 5.32 Å². The average Bonchev–Trinajstić information content (AvgIpc) is 3.17. The summed E-state index contributed by atoms with van der Waals surface area (Å²) in [6.45, 7) is 1.13. The van der Waals surface area contributed by atoms with Gasteiger partial charge in [0.1, 0.15) is 6.61 Å². The normalized spacial score (nSPS) is 25.9. The van der Waals surface area contributed by atoms with Crippen LogP contribution >= 0.6 is 0 Å². The summed E-state index contributed by atoms with van der Waals surface area (Å²) in [5, 5.41) is 3.43. The Bertz CT molecular complexity index is 465. The Kier molecular flexibility index (Phi) is 4.17. The highest BCUT2D eigenvalue weighted by Crippen LogP contribution is 2.24. The number of hydrogen-bond acceptors (Lipinski definition) is 3. The molecule has 1 N–H and O–H groups in total. The highest BCUT2D eigenvalue weighted by Gasteiger charge is 2.28. The van der Waals surface area contributed by atoms with Crippen molar-refractivity contribution in [3.8, 4) is 5.75 Å². The van der Waals surface area contributed by atoms with Crippen molar-refractivity contribution in [1.29, 1.82) is 0 Å². The van der Waals surface area contributed by atoms with E-state index in [1.165, 1.54) is 25.0 Å². The molecule has 0 aromatic heterocycles. The van der Waals surface area contributed by atoms with Gasteiger partial charge in [0.05, 0.1) is 12.2 Å². The molecule has 1 aromatic rings. The number of nitrogens with one attached hydrogen (secondary N) is 1. The SMILES string of the molecule is Fc1cccc(OCC2CCC(CNC3CC3)O2)c1F. The Morgan fingerprint density at radius 1 is 1.15 bits per heavy atom. The summed E-state index contributed by atoms with van der Waals surface area (Å²) in [5.74, 6) is -1.87. The zero-order chi connectivity index (χ0) is 13.9. The fraction of sp³-hybridized carbons (Fsp3) is 0.600. The Labute approximate surface area is 117 Å². The van der Waals surface area contributed by atoms with Gasteiger partial charge in [0.25, 0.3) is 0 Å². The second-order valence-corrected chi connectivity index (χ2v) is 5.50. The van der Waals surface area contributed by atoms with E-state index < -0.39 is 11.6 Å². The number of rotatable bonds is 6. The fourth-order valence-corrected chi connectivity index (χ4v) is 2.42. The monoisotopic (exact) mass is 283 g/mol. The summed E-state index contributed by atoms with van der Waals surface area (Å²) in [5.41, 5.74) is 0. The summed E-state index contributed by atoms with van der Waals surface area (Å²) in [7, 11) is 0. The number of halogens is 2. The minimum Gasteiger partial charge on any atom is -0.488 e. The van der Waals surface area contributed by atoms with Gasteiger partial charge in [0.2, 0.25) is 5.82 Å². The van der Waals surface area contributed by atoms with E-state index in [0.717, 1.165) is 25.5 Å². The molecule has 3 rings (SSSR count). The van der Waals surface area contributed by atoms with Gasteiger partial charge in [-0.1, -0.05) is 6.07 Å². The van der Waals surface area contributed by atoms with Crippen molar-refractivity contribution in [3.05, 3.63) is 29.8 Å². The first-order valence-corrected chi connectivity index (χ1v) is 7.18. The molecule has 1 heterocycles. The molecule has 1 saturated heterocycles. The lowest BCUT2D eigenvalue weighted by molar-refractivity contribution is 0.0175. The smallest absolute Gasteiger partial charge is 0.200 e. The van der Waals surface area contributed by atoms with Gasteiger partial charge < -0.3 is 14.8 Å². The van der Waals surface area contributed by atoms with Crippen LogP contribution in [0.25, 0.3) is 0 Å². The third-order valence-corrected chi connectivity index (χ3v) is 3.75. The van der Waals surface area contributed by atoms with E-state index >= 15 is 0 Å². The molecule has 20 heavy (non-hydrogen) atoms. The predicted molar refractivity (Wildman–Crippen MR) is 70.8 cm³/mol. The molecule has 1 saturated carbocycles. The Hall–Kier alpha value is -1.20. The third-order valence-electron chi connectivity index (χ3n) is 3.75. The quantitative estimate of drug-likeness (QED) is 0.870. The van der Waals surface area contributed by atoms with Crippen LogP contribution < -0.4 is 10.1 Å². The van der Waals surface area contributed by atoms with E-state index in [1.807, 2.05) is 0 Å².